The zero-order valence-electron chi connectivity index (χ0n) is 15.3. The van der Waals surface area contributed by atoms with Gasteiger partial charge in [0.1, 0.15) is 0 Å². The molecule has 0 aliphatic carbocycles. The van der Waals surface area contributed by atoms with Crippen LogP contribution in [0.1, 0.15) is 12.5 Å². The van der Waals surface area contributed by atoms with Crippen LogP contribution in [0.4, 0.5) is 18.3 Å². The fourth-order valence-electron chi connectivity index (χ4n) is 2.48. The molecule has 0 bridgehead atoms. The molecule has 1 atom stereocenters. The number of nitrogens with zero attached hydrogens (tertiary/aromatic N) is 2. The van der Waals surface area contributed by atoms with Crippen LogP contribution < -0.4 is 10.0 Å². The standard InChI is InChI=1S/C18H15F3N4O3S2/c1-11(25-30(27,28)15-7-3-2-6-13(15)18(19,20)21)16(26)24-17-23-14(10-29-17)12-5-4-8-22-9-12/h2-11,25H,1H3,(H,23,24,26)/t11-/m0/s1. The number of benzene rings is 1. The van der Waals surface area contributed by atoms with Gasteiger partial charge >= 0.3 is 6.18 Å². The molecule has 0 fully saturated rings. The molecule has 12 heteroatoms. The Kier molecular flexibility index (Phi) is 6.19. The van der Waals surface area contributed by atoms with Gasteiger partial charge in [0.05, 0.1) is 22.2 Å². The summed E-state index contributed by atoms with van der Waals surface area (Å²) in [6, 6.07) is 5.91. The van der Waals surface area contributed by atoms with Crippen LogP contribution in [0.15, 0.2) is 59.1 Å². The van der Waals surface area contributed by atoms with Gasteiger partial charge in [-0.05, 0) is 31.2 Å². The molecule has 0 unspecified atom stereocenters. The molecule has 0 saturated heterocycles. The SMILES string of the molecule is C[C@H](NS(=O)(=O)c1ccccc1C(F)(F)F)C(=O)Nc1nc(-c2cccnc2)cs1. The van der Waals surface area contributed by atoms with E-state index < -0.39 is 38.6 Å². The summed E-state index contributed by atoms with van der Waals surface area (Å²) in [4.78, 5) is 19.6. The number of sulfonamides is 1. The predicted molar refractivity (Wildman–Crippen MR) is 105 cm³/mol. The lowest BCUT2D eigenvalue weighted by Crippen LogP contribution is -2.42. The maximum Gasteiger partial charge on any atom is 0.417 e. The molecule has 3 aromatic rings. The summed E-state index contributed by atoms with van der Waals surface area (Å²) in [6.45, 7) is 1.22. The highest BCUT2D eigenvalue weighted by Crippen LogP contribution is 2.34. The second kappa shape index (κ2) is 8.50. The first-order valence-corrected chi connectivity index (χ1v) is 10.8. The van der Waals surface area contributed by atoms with Crippen LogP contribution >= 0.6 is 11.3 Å². The van der Waals surface area contributed by atoms with Crippen molar-refractivity contribution in [1.29, 1.82) is 0 Å². The Balaban J connectivity index is 1.73. The lowest BCUT2D eigenvalue weighted by Gasteiger charge is -2.16. The molecule has 2 heterocycles. The van der Waals surface area contributed by atoms with Gasteiger partial charge in [0.15, 0.2) is 5.13 Å². The highest BCUT2D eigenvalue weighted by atomic mass is 32.2. The summed E-state index contributed by atoms with van der Waals surface area (Å²) in [5, 5.41) is 4.34. The van der Waals surface area contributed by atoms with E-state index in [0.29, 0.717) is 11.8 Å². The second-order valence-corrected chi connectivity index (χ2v) is 8.65. The Morgan fingerprint density at radius 2 is 1.90 bits per heavy atom. The molecule has 30 heavy (non-hydrogen) atoms. The number of halogens is 3. The van der Waals surface area contributed by atoms with E-state index in [1.54, 1.807) is 29.9 Å². The molecule has 2 N–H and O–H groups in total. The Morgan fingerprint density at radius 3 is 2.57 bits per heavy atom. The van der Waals surface area contributed by atoms with Crippen LogP contribution in [-0.4, -0.2) is 30.3 Å². The van der Waals surface area contributed by atoms with E-state index in [1.165, 1.54) is 13.0 Å². The Hall–Kier alpha value is -2.83. The molecule has 0 spiro atoms. The minimum atomic E-state index is -4.86. The number of thiazole rings is 1. The predicted octanol–water partition coefficient (Wildman–Crippen LogP) is 3.53. The Bertz CT molecular complexity index is 1150. The van der Waals surface area contributed by atoms with Crippen molar-refractivity contribution in [1.82, 2.24) is 14.7 Å². The van der Waals surface area contributed by atoms with Gasteiger partial charge in [-0.25, -0.2) is 13.4 Å². The van der Waals surface area contributed by atoms with Crippen LogP contribution in [0.25, 0.3) is 11.3 Å². The zero-order valence-corrected chi connectivity index (χ0v) is 17.0. The summed E-state index contributed by atoms with van der Waals surface area (Å²) in [5.41, 5.74) is -0.0198. The van der Waals surface area contributed by atoms with E-state index in [1.807, 2.05) is 4.72 Å². The average Bonchev–Trinajstić information content (AvgIpc) is 3.16. The lowest BCUT2D eigenvalue weighted by molar-refractivity contribution is -0.139. The molecule has 0 aliphatic rings. The number of aromatic nitrogens is 2. The minimum absolute atomic E-state index is 0.209. The molecular weight excluding hydrogens is 441 g/mol. The van der Waals surface area contributed by atoms with Gasteiger partial charge in [-0.3, -0.25) is 9.78 Å². The molecule has 1 amide bonds. The number of hydrogen-bond acceptors (Lipinski definition) is 6. The van der Waals surface area contributed by atoms with Gasteiger partial charge in [-0.15, -0.1) is 11.3 Å². The zero-order chi connectivity index (χ0) is 21.9. The lowest BCUT2D eigenvalue weighted by atomic mass is 10.2. The molecular formula is C18H15F3N4O3S2. The van der Waals surface area contributed by atoms with E-state index in [9.17, 15) is 26.4 Å². The summed E-state index contributed by atoms with van der Waals surface area (Å²) in [6.07, 6.45) is -1.67. The van der Waals surface area contributed by atoms with Crippen molar-refractivity contribution in [2.75, 3.05) is 5.32 Å². The van der Waals surface area contributed by atoms with Crippen LogP contribution in [-0.2, 0) is 21.0 Å². The summed E-state index contributed by atoms with van der Waals surface area (Å²) >= 11 is 1.11. The fourth-order valence-corrected chi connectivity index (χ4v) is 4.63. The molecule has 2 aromatic heterocycles. The molecule has 0 aliphatic heterocycles. The van der Waals surface area contributed by atoms with Gasteiger partial charge < -0.3 is 5.32 Å². The number of carbonyl (C=O) groups excluding carboxylic acids is 1. The number of carbonyl (C=O) groups is 1. The quantitative estimate of drug-likeness (QED) is 0.591. The number of nitrogens with one attached hydrogen (secondary N) is 2. The topological polar surface area (TPSA) is 101 Å². The van der Waals surface area contributed by atoms with Crippen molar-refractivity contribution in [3.8, 4) is 11.3 Å². The second-order valence-electron chi connectivity index (χ2n) is 6.11. The summed E-state index contributed by atoms with van der Waals surface area (Å²) < 4.78 is 66.2. The van der Waals surface area contributed by atoms with Gasteiger partial charge in [-0.1, -0.05) is 12.1 Å². The van der Waals surface area contributed by atoms with Crippen LogP contribution in [0.3, 0.4) is 0 Å². The van der Waals surface area contributed by atoms with Crippen molar-refractivity contribution in [2.45, 2.75) is 24.0 Å². The van der Waals surface area contributed by atoms with Crippen LogP contribution in [0.5, 0.6) is 0 Å². The normalized spacial score (nSPS) is 13.1. The van der Waals surface area contributed by atoms with E-state index in [4.69, 9.17) is 0 Å². The van der Waals surface area contributed by atoms with E-state index >= 15 is 0 Å². The van der Waals surface area contributed by atoms with Crippen molar-refractivity contribution in [3.63, 3.8) is 0 Å². The molecule has 158 valence electrons. The first-order chi connectivity index (χ1) is 14.1. The Morgan fingerprint density at radius 1 is 1.17 bits per heavy atom. The van der Waals surface area contributed by atoms with Gasteiger partial charge in [0.25, 0.3) is 0 Å². The van der Waals surface area contributed by atoms with Gasteiger partial charge in [0, 0.05) is 23.3 Å². The largest absolute Gasteiger partial charge is 0.417 e. The van der Waals surface area contributed by atoms with Crippen molar-refractivity contribution in [3.05, 3.63) is 59.7 Å². The third-order valence-electron chi connectivity index (χ3n) is 3.90. The third-order valence-corrected chi connectivity index (χ3v) is 6.26. The molecule has 0 saturated carbocycles. The van der Waals surface area contributed by atoms with Gasteiger partial charge in [0.2, 0.25) is 15.9 Å². The van der Waals surface area contributed by atoms with E-state index in [2.05, 4.69) is 15.3 Å². The highest BCUT2D eigenvalue weighted by molar-refractivity contribution is 7.89. The number of pyridine rings is 1. The molecule has 7 nitrogen and oxygen atoms in total. The molecule has 0 radical (unpaired) electrons. The highest BCUT2D eigenvalue weighted by Gasteiger charge is 2.37. The average molecular weight is 456 g/mol. The maximum atomic E-state index is 13.1. The van der Waals surface area contributed by atoms with E-state index in [-0.39, 0.29) is 5.13 Å². The van der Waals surface area contributed by atoms with Crippen LogP contribution in [0.2, 0.25) is 0 Å². The fraction of sp³-hybridized carbons (Fsp3) is 0.167. The number of hydrogen-bond donors (Lipinski definition) is 2. The van der Waals surface area contributed by atoms with Crippen molar-refractivity contribution >= 4 is 32.4 Å². The smallest absolute Gasteiger partial charge is 0.301 e. The molecule has 1 aromatic carbocycles. The maximum absolute atomic E-state index is 13.1. The van der Waals surface area contributed by atoms with Crippen LogP contribution in [0, 0.1) is 0 Å². The monoisotopic (exact) mass is 456 g/mol. The van der Waals surface area contributed by atoms with Crippen molar-refractivity contribution in [2.24, 2.45) is 0 Å². The number of alkyl halides is 3. The first kappa shape index (κ1) is 21.9. The Labute approximate surface area is 174 Å². The summed E-state index contributed by atoms with van der Waals surface area (Å²) in [7, 11) is -4.60. The number of rotatable bonds is 6. The first-order valence-electron chi connectivity index (χ1n) is 8.43. The minimum Gasteiger partial charge on any atom is -0.301 e. The van der Waals surface area contributed by atoms with Crippen molar-refractivity contribution < 1.29 is 26.4 Å². The molecule has 3 rings (SSSR count). The van der Waals surface area contributed by atoms with E-state index in [0.717, 1.165) is 29.0 Å². The number of amides is 1. The summed E-state index contributed by atoms with van der Waals surface area (Å²) in [5.74, 6) is -0.768. The third kappa shape index (κ3) is 5.01. The number of anilines is 1. The van der Waals surface area contributed by atoms with Gasteiger partial charge in [-0.2, -0.15) is 17.9 Å².